The Hall–Kier alpha value is -1.29. The average Bonchev–Trinajstić information content (AvgIpc) is 2.46. The number of carbonyl (C=O) groups is 1. The van der Waals surface area contributed by atoms with Crippen molar-refractivity contribution in [2.24, 2.45) is 0 Å². The maximum absolute atomic E-state index is 10.3. The molecule has 4 heteroatoms. The molecule has 0 saturated heterocycles. The van der Waals surface area contributed by atoms with Gasteiger partial charge in [0.05, 0.1) is 6.19 Å². The van der Waals surface area contributed by atoms with Crippen LogP contribution in [0.25, 0.3) is 0 Å². The van der Waals surface area contributed by atoms with Crippen molar-refractivity contribution >= 4 is 19.3 Å². The third-order valence-electron chi connectivity index (χ3n) is 2.25. The van der Waals surface area contributed by atoms with Gasteiger partial charge in [0.15, 0.2) is 0 Å². The van der Waals surface area contributed by atoms with Gasteiger partial charge < -0.3 is 15.3 Å². The van der Waals surface area contributed by atoms with E-state index in [0.29, 0.717) is 0 Å². The maximum Gasteiger partial charge on any atom is 0.293 e. The van der Waals surface area contributed by atoms with E-state index in [1.54, 1.807) is 7.41 Å². The highest BCUT2D eigenvalue weighted by Gasteiger charge is 2.18. The zero-order valence-corrected chi connectivity index (χ0v) is 7.23. The summed E-state index contributed by atoms with van der Waals surface area (Å²) in [5.74, 6) is 0. The molecule has 1 heterocycles. The molecule has 0 aliphatic carbocycles. The Labute approximate surface area is 77.8 Å². The normalized spacial score (nSPS) is 15.4. The lowest BCUT2D eigenvalue weighted by Gasteiger charge is -2.07. The molecule has 1 aliphatic rings. The van der Waals surface area contributed by atoms with E-state index in [2.05, 4.69) is 0 Å². The minimum absolute atomic E-state index is 0.784. The monoisotopic (exact) mass is 173 g/mol. The van der Waals surface area contributed by atoms with Gasteiger partial charge in [0, 0.05) is 18.8 Å². The maximum atomic E-state index is 10.3. The van der Waals surface area contributed by atoms with Gasteiger partial charge in [-0.1, -0.05) is 6.07 Å². The topological polar surface area (TPSA) is 46.3 Å². The van der Waals surface area contributed by atoms with Gasteiger partial charge >= 0.3 is 0 Å². The molecule has 0 fully saturated rings. The Morgan fingerprint density at radius 1 is 1.38 bits per heavy atom. The fraction of sp³-hybridized carbons (Fsp3) is 0.222. The number of hydrogen-bond donors (Lipinski definition) is 1. The van der Waals surface area contributed by atoms with Crippen LogP contribution in [-0.2, 0) is 17.9 Å². The molecule has 0 bridgehead atoms. The molecule has 1 aromatic rings. The summed E-state index contributed by atoms with van der Waals surface area (Å²) in [5.41, 5.74) is 8.91. The first-order valence-electron chi connectivity index (χ1n) is 4.19. The van der Waals surface area contributed by atoms with Gasteiger partial charge in [-0.15, -0.1) is 0 Å². The minimum atomic E-state index is 0.784. The quantitative estimate of drug-likeness (QED) is 0.399. The van der Waals surface area contributed by atoms with Crippen molar-refractivity contribution < 1.29 is 4.79 Å². The standard InChI is InChI=1S/C9H10BN2O/c11-9-2-1-7-4-12(10-6-13)5-8(7)3-9/h1-3,6H,4-5,11H2. The number of carbonyl (C=O) groups excluding carboxylic acids is 1. The van der Waals surface area contributed by atoms with Gasteiger partial charge in [-0.05, 0) is 23.3 Å². The van der Waals surface area contributed by atoms with Crippen molar-refractivity contribution in [3.63, 3.8) is 0 Å². The molecule has 1 radical (unpaired) electrons. The molecule has 3 nitrogen and oxygen atoms in total. The van der Waals surface area contributed by atoms with Gasteiger partial charge in [0.2, 0.25) is 0 Å². The molecule has 0 atom stereocenters. The summed E-state index contributed by atoms with van der Waals surface area (Å²) in [4.78, 5) is 12.2. The van der Waals surface area contributed by atoms with Crippen molar-refractivity contribution in [3.05, 3.63) is 29.3 Å². The smallest absolute Gasteiger partial charge is 0.293 e. The second-order valence-corrected chi connectivity index (χ2v) is 3.22. The van der Waals surface area contributed by atoms with E-state index in [1.807, 2.05) is 23.0 Å². The van der Waals surface area contributed by atoms with Crippen LogP contribution in [0.5, 0.6) is 0 Å². The number of nitrogens with zero attached hydrogens (tertiary/aromatic N) is 1. The highest BCUT2D eigenvalue weighted by Crippen LogP contribution is 2.23. The molecule has 2 rings (SSSR count). The summed E-state index contributed by atoms with van der Waals surface area (Å²) < 4.78 is 0. The number of fused-ring (bicyclic) bond motifs is 1. The Morgan fingerprint density at radius 2 is 2.15 bits per heavy atom. The van der Waals surface area contributed by atoms with Gasteiger partial charge in [-0.25, -0.2) is 0 Å². The van der Waals surface area contributed by atoms with Crippen molar-refractivity contribution in [2.45, 2.75) is 13.1 Å². The lowest BCUT2D eigenvalue weighted by Crippen LogP contribution is -2.22. The second kappa shape index (κ2) is 3.22. The summed E-state index contributed by atoms with van der Waals surface area (Å²) in [6.45, 7) is 1.60. The molecule has 0 spiro atoms. The number of nitrogens with two attached hydrogens (primary N) is 1. The van der Waals surface area contributed by atoms with Crippen LogP contribution >= 0.6 is 0 Å². The van der Waals surface area contributed by atoms with E-state index in [-0.39, 0.29) is 0 Å². The van der Waals surface area contributed by atoms with Crippen LogP contribution in [0, 0.1) is 0 Å². The summed E-state index contributed by atoms with van der Waals surface area (Å²) >= 11 is 0. The van der Waals surface area contributed by atoms with Crippen LogP contribution in [0.1, 0.15) is 11.1 Å². The SMILES string of the molecule is Nc1ccc2c(c1)CN([B]C=O)C2. The number of nitrogen functional groups attached to an aromatic ring is 1. The van der Waals surface area contributed by atoms with Gasteiger partial charge in [0.1, 0.15) is 0 Å². The molecule has 0 saturated carbocycles. The van der Waals surface area contributed by atoms with E-state index in [9.17, 15) is 4.79 Å². The lowest BCUT2D eigenvalue weighted by atomic mass is 9.95. The molecule has 1 aliphatic heterocycles. The van der Waals surface area contributed by atoms with Crippen LogP contribution in [-0.4, -0.2) is 18.4 Å². The predicted octanol–water partition coefficient (Wildman–Crippen LogP) is 0.394. The van der Waals surface area contributed by atoms with Crippen LogP contribution in [0.3, 0.4) is 0 Å². The van der Waals surface area contributed by atoms with Crippen molar-refractivity contribution in [2.75, 3.05) is 5.73 Å². The molecule has 13 heavy (non-hydrogen) atoms. The van der Waals surface area contributed by atoms with Gasteiger partial charge in [-0.3, -0.25) is 0 Å². The van der Waals surface area contributed by atoms with E-state index in [4.69, 9.17) is 5.73 Å². The lowest BCUT2D eigenvalue weighted by molar-refractivity contribution is 0.478. The molecular formula is C9H10BN2O. The first-order valence-corrected chi connectivity index (χ1v) is 4.19. The van der Waals surface area contributed by atoms with Crippen molar-refractivity contribution in [1.82, 2.24) is 4.81 Å². The van der Waals surface area contributed by atoms with E-state index < -0.39 is 0 Å². The highest BCUT2D eigenvalue weighted by atomic mass is 16.1. The molecular weight excluding hydrogens is 163 g/mol. The van der Waals surface area contributed by atoms with Gasteiger partial charge in [0.25, 0.3) is 7.41 Å². The summed E-state index contributed by atoms with van der Waals surface area (Å²) in [5, 5.41) is 0. The van der Waals surface area contributed by atoms with Crippen molar-refractivity contribution in [1.29, 1.82) is 0 Å². The third kappa shape index (κ3) is 1.58. The average molecular weight is 173 g/mol. The fourth-order valence-corrected chi connectivity index (χ4v) is 1.63. The predicted molar refractivity (Wildman–Crippen MR) is 52.6 cm³/mol. The Kier molecular flexibility index (Phi) is 2.06. The van der Waals surface area contributed by atoms with E-state index in [1.165, 1.54) is 11.1 Å². The molecule has 0 unspecified atom stereocenters. The Morgan fingerprint density at radius 3 is 2.92 bits per heavy atom. The van der Waals surface area contributed by atoms with E-state index >= 15 is 0 Å². The number of anilines is 1. The third-order valence-corrected chi connectivity index (χ3v) is 2.25. The summed E-state index contributed by atoms with van der Waals surface area (Å²) in [7, 11) is 1.57. The fourth-order valence-electron chi connectivity index (χ4n) is 1.63. The summed E-state index contributed by atoms with van der Waals surface area (Å²) in [6, 6.07) is 5.88. The van der Waals surface area contributed by atoms with E-state index in [0.717, 1.165) is 25.0 Å². The molecule has 0 amide bonds. The number of benzene rings is 1. The van der Waals surface area contributed by atoms with Crippen LogP contribution in [0.15, 0.2) is 18.2 Å². The second-order valence-electron chi connectivity index (χ2n) is 3.22. The zero-order valence-electron chi connectivity index (χ0n) is 7.23. The highest BCUT2D eigenvalue weighted by molar-refractivity contribution is 6.64. The van der Waals surface area contributed by atoms with Crippen molar-refractivity contribution in [3.8, 4) is 0 Å². The minimum Gasteiger partial charge on any atom is -0.399 e. The van der Waals surface area contributed by atoms with Gasteiger partial charge in [-0.2, -0.15) is 0 Å². The molecule has 0 aromatic heterocycles. The molecule has 1 aromatic carbocycles. The summed E-state index contributed by atoms with van der Waals surface area (Å²) in [6.07, 6.45) is 0.815. The Balaban J connectivity index is 2.20. The molecule has 65 valence electrons. The van der Waals surface area contributed by atoms with Crippen LogP contribution in [0.4, 0.5) is 5.69 Å². The number of rotatable bonds is 2. The van der Waals surface area contributed by atoms with Crippen LogP contribution < -0.4 is 5.73 Å². The largest absolute Gasteiger partial charge is 0.399 e. The first kappa shape index (κ1) is 8.32. The van der Waals surface area contributed by atoms with Crippen LogP contribution in [0.2, 0.25) is 0 Å². The first-order chi connectivity index (χ1) is 6.29. The number of hydrogen-bond acceptors (Lipinski definition) is 3. The molecule has 2 N–H and O–H groups in total. The zero-order chi connectivity index (χ0) is 9.26. The Bertz CT molecular complexity index is 340.